The number of aromatic nitrogens is 1. The van der Waals surface area contributed by atoms with Crippen LogP contribution >= 0.6 is 0 Å². The van der Waals surface area contributed by atoms with Gasteiger partial charge in [-0.15, -0.1) is 0 Å². The smallest absolute Gasteiger partial charge is 0.416 e. The summed E-state index contributed by atoms with van der Waals surface area (Å²) in [5, 5.41) is 3.99. The minimum Gasteiger partial charge on any atom is -0.497 e. The van der Waals surface area contributed by atoms with E-state index in [1.165, 1.54) is 6.07 Å². The van der Waals surface area contributed by atoms with Crippen LogP contribution in [0.15, 0.2) is 72.8 Å². The molecule has 0 unspecified atom stereocenters. The van der Waals surface area contributed by atoms with Crippen molar-refractivity contribution in [2.24, 2.45) is 0 Å². The Morgan fingerprint density at radius 3 is 2.40 bits per heavy atom. The minimum atomic E-state index is -4.52. The first kappa shape index (κ1) is 31.6. The van der Waals surface area contributed by atoms with Gasteiger partial charge in [-0.3, -0.25) is 14.6 Å². The van der Waals surface area contributed by atoms with E-state index in [1.54, 1.807) is 25.3 Å². The molecule has 3 aliphatic rings. The van der Waals surface area contributed by atoms with Gasteiger partial charge in [0.05, 0.1) is 48.2 Å². The average molecular weight is 645 g/mol. The zero-order valence-corrected chi connectivity index (χ0v) is 26.5. The number of likely N-dealkylation sites (tertiary alicyclic amines) is 1. The quantitative estimate of drug-likeness (QED) is 0.232. The topological polar surface area (TPSA) is 66.9 Å². The summed E-state index contributed by atoms with van der Waals surface area (Å²) < 4.78 is 52.9. The van der Waals surface area contributed by atoms with E-state index in [1.807, 2.05) is 36.4 Å². The summed E-state index contributed by atoms with van der Waals surface area (Å²) in [5.41, 5.74) is 2.06. The summed E-state index contributed by atoms with van der Waals surface area (Å²) >= 11 is 0. The van der Waals surface area contributed by atoms with Crippen LogP contribution in [0.5, 0.6) is 5.75 Å². The SMILES string of the molecule is COc1ccc2c(C(=O)NC3(c4ccccc4)CC3)c(CN3CCC(N4CCOCC4)CC3)c(-c3cccc(C(F)(F)F)c3)nc2c1. The molecule has 7 nitrogen and oxygen atoms in total. The Balaban J connectivity index is 1.32. The van der Waals surface area contributed by atoms with Gasteiger partial charge in [-0.1, -0.05) is 42.5 Å². The number of pyridine rings is 1. The number of morpholine rings is 1. The molecule has 1 aromatic heterocycles. The van der Waals surface area contributed by atoms with Gasteiger partial charge in [0.2, 0.25) is 0 Å². The summed E-state index contributed by atoms with van der Waals surface area (Å²) in [5.74, 6) is 0.294. The van der Waals surface area contributed by atoms with Crippen LogP contribution in [0.2, 0.25) is 0 Å². The lowest BCUT2D eigenvalue weighted by atomic mass is 9.93. The number of ether oxygens (including phenoxy) is 2. The fourth-order valence-corrected chi connectivity index (χ4v) is 7.16. The van der Waals surface area contributed by atoms with Crippen LogP contribution in [0.1, 0.15) is 52.7 Å². The van der Waals surface area contributed by atoms with Crippen molar-refractivity contribution in [1.29, 1.82) is 0 Å². The van der Waals surface area contributed by atoms with Crippen molar-refractivity contribution in [3.8, 4) is 17.0 Å². The predicted molar refractivity (Wildman–Crippen MR) is 174 cm³/mol. The van der Waals surface area contributed by atoms with Crippen molar-refractivity contribution in [2.75, 3.05) is 46.5 Å². The second-order valence-electron chi connectivity index (χ2n) is 12.8. The Morgan fingerprint density at radius 1 is 0.979 bits per heavy atom. The number of carbonyl (C=O) groups is 1. The predicted octanol–water partition coefficient (Wildman–Crippen LogP) is 6.64. The maximum absolute atomic E-state index is 14.6. The molecular formula is C37H39F3N4O3. The number of rotatable bonds is 8. The van der Waals surface area contributed by atoms with Gasteiger partial charge in [-0.2, -0.15) is 13.2 Å². The van der Waals surface area contributed by atoms with Crippen LogP contribution in [-0.2, 0) is 23.0 Å². The van der Waals surface area contributed by atoms with Crippen LogP contribution in [0.3, 0.4) is 0 Å². The lowest BCUT2D eigenvalue weighted by Crippen LogP contribution is -2.48. The Labute approximate surface area is 272 Å². The molecule has 4 aromatic rings. The summed E-state index contributed by atoms with van der Waals surface area (Å²) in [6.45, 7) is 5.34. The van der Waals surface area contributed by atoms with Crippen LogP contribution in [0, 0.1) is 0 Å². The highest BCUT2D eigenvalue weighted by atomic mass is 19.4. The minimum absolute atomic E-state index is 0.254. The third-order valence-corrected chi connectivity index (χ3v) is 9.91. The normalized spacial score (nSPS) is 19.1. The van der Waals surface area contributed by atoms with Crippen molar-refractivity contribution in [1.82, 2.24) is 20.1 Å². The molecule has 1 saturated carbocycles. The molecule has 1 amide bonds. The van der Waals surface area contributed by atoms with E-state index in [0.717, 1.165) is 82.8 Å². The van der Waals surface area contributed by atoms with Gasteiger partial charge in [0.25, 0.3) is 5.91 Å². The third-order valence-electron chi connectivity index (χ3n) is 9.91. The van der Waals surface area contributed by atoms with Gasteiger partial charge in [0, 0.05) is 48.3 Å². The Morgan fingerprint density at radius 2 is 1.72 bits per heavy atom. The number of alkyl halides is 3. The highest BCUT2D eigenvalue weighted by Gasteiger charge is 2.46. The summed E-state index contributed by atoms with van der Waals surface area (Å²) in [6, 6.07) is 21.0. The van der Waals surface area contributed by atoms with Crippen molar-refractivity contribution >= 4 is 16.8 Å². The van der Waals surface area contributed by atoms with E-state index in [-0.39, 0.29) is 5.91 Å². The first-order valence-corrected chi connectivity index (χ1v) is 16.3. The molecule has 0 atom stereocenters. The molecule has 3 fully saturated rings. The number of benzene rings is 3. The van der Waals surface area contributed by atoms with E-state index in [4.69, 9.17) is 14.5 Å². The molecule has 1 N–H and O–H groups in total. The second kappa shape index (κ2) is 12.9. The largest absolute Gasteiger partial charge is 0.497 e. The number of halogens is 3. The lowest BCUT2D eigenvalue weighted by molar-refractivity contribution is -0.137. The standard InChI is InChI=1S/C37H39F3N4O3/c1-46-29-10-11-30-32(23-29)41-34(25-6-5-9-27(22-25)37(38,39)40)31(24-43-16-12-28(13-17-43)44-18-20-47-21-19-44)33(30)35(45)42-36(14-15-36)26-7-3-2-4-8-26/h2-11,22-23,28H,12-21,24H2,1H3,(H,42,45). The van der Waals surface area contributed by atoms with Gasteiger partial charge >= 0.3 is 6.18 Å². The highest BCUT2D eigenvalue weighted by Crippen LogP contribution is 2.46. The Kier molecular flexibility index (Phi) is 8.67. The molecule has 1 aliphatic carbocycles. The highest BCUT2D eigenvalue weighted by molar-refractivity contribution is 6.09. The second-order valence-corrected chi connectivity index (χ2v) is 12.8. The molecule has 0 spiro atoms. The number of piperidine rings is 1. The molecule has 7 rings (SSSR count). The van der Waals surface area contributed by atoms with E-state index >= 15 is 0 Å². The number of hydrogen-bond acceptors (Lipinski definition) is 6. The number of fused-ring (bicyclic) bond motifs is 1. The van der Waals surface area contributed by atoms with Crippen molar-refractivity contribution in [3.63, 3.8) is 0 Å². The summed E-state index contributed by atoms with van der Waals surface area (Å²) in [6.07, 6.45) is -0.966. The van der Waals surface area contributed by atoms with Gasteiger partial charge in [-0.05, 0) is 68.6 Å². The molecule has 0 radical (unpaired) electrons. The van der Waals surface area contributed by atoms with Crippen molar-refractivity contribution in [2.45, 2.75) is 50.0 Å². The fraction of sp³-hybridized carbons (Fsp3) is 0.405. The maximum Gasteiger partial charge on any atom is 0.416 e. The van der Waals surface area contributed by atoms with Crippen LogP contribution in [0.4, 0.5) is 13.2 Å². The first-order chi connectivity index (χ1) is 22.7. The number of nitrogens with one attached hydrogen (secondary N) is 1. The zero-order chi connectivity index (χ0) is 32.6. The van der Waals surface area contributed by atoms with Crippen molar-refractivity contribution < 1.29 is 27.4 Å². The number of nitrogens with zero attached hydrogens (tertiary/aromatic N) is 3. The zero-order valence-electron chi connectivity index (χ0n) is 26.5. The number of carbonyl (C=O) groups excluding carboxylic acids is 1. The fourth-order valence-electron chi connectivity index (χ4n) is 7.16. The molecule has 3 heterocycles. The average Bonchev–Trinajstić information content (AvgIpc) is 3.89. The molecular weight excluding hydrogens is 605 g/mol. The van der Waals surface area contributed by atoms with E-state index in [9.17, 15) is 18.0 Å². The number of amides is 1. The van der Waals surface area contributed by atoms with Gasteiger partial charge in [-0.25, -0.2) is 4.98 Å². The van der Waals surface area contributed by atoms with Gasteiger partial charge in [0.1, 0.15) is 5.75 Å². The molecule has 47 heavy (non-hydrogen) atoms. The van der Waals surface area contributed by atoms with Gasteiger partial charge < -0.3 is 14.8 Å². The summed E-state index contributed by atoms with van der Waals surface area (Å²) in [7, 11) is 1.55. The van der Waals surface area contributed by atoms with Crippen LogP contribution in [0.25, 0.3) is 22.2 Å². The Hall–Kier alpha value is -3.99. The molecule has 0 bridgehead atoms. The van der Waals surface area contributed by atoms with E-state index < -0.39 is 17.3 Å². The van der Waals surface area contributed by atoms with Crippen LogP contribution in [-0.4, -0.2) is 73.2 Å². The van der Waals surface area contributed by atoms with Crippen LogP contribution < -0.4 is 10.1 Å². The van der Waals surface area contributed by atoms with E-state index in [2.05, 4.69) is 15.1 Å². The molecule has 10 heteroatoms. The third kappa shape index (κ3) is 6.59. The van der Waals surface area contributed by atoms with E-state index in [0.29, 0.717) is 51.6 Å². The Bertz CT molecular complexity index is 1750. The lowest BCUT2D eigenvalue weighted by Gasteiger charge is -2.40. The number of methoxy groups -OCH3 is 1. The summed E-state index contributed by atoms with van der Waals surface area (Å²) in [4.78, 5) is 24.4. The number of hydrogen-bond donors (Lipinski definition) is 1. The monoisotopic (exact) mass is 644 g/mol. The van der Waals surface area contributed by atoms with Crippen molar-refractivity contribution in [3.05, 3.63) is 95.1 Å². The van der Waals surface area contributed by atoms with Gasteiger partial charge in [0.15, 0.2) is 0 Å². The first-order valence-electron chi connectivity index (χ1n) is 16.3. The maximum atomic E-state index is 14.6. The molecule has 246 valence electrons. The molecule has 3 aromatic carbocycles. The molecule has 2 aliphatic heterocycles. The molecule has 2 saturated heterocycles.